The number of ketones is 1. The number of rotatable bonds is 12. The van der Waals surface area contributed by atoms with Gasteiger partial charge in [0.15, 0.2) is 17.4 Å². The van der Waals surface area contributed by atoms with Crippen molar-refractivity contribution < 1.29 is 40.7 Å². The first kappa shape index (κ1) is 36.5. The molecule has 0 aliphatic carbocycles. The Morgan fingerprint density at radius 3 is 2.41 bits per heavy atom. The Balaban J connectivity index is 1.43. The minimum Gasteiger partial charge on any atom is -0.453 e. The van der Waals surface area contributed by atoms with E-state index in [-0.39, 0.29) is 41.7 Å². The summed E-state index contributed by atoms with van der Waals surface area (Å²) in [6, 6.07) is 14.0. The molecule has 2 aliphatic rings. The molecule has 0 spiro atoms. The summed E-state index contributed by atoms with van der Waals surface area (Å²) >= 11 is 0. The van der Waals surface area contributed by atoms with Crippen molar-refractivity contribution in [2.24, 2.45) is 5.92 Å². The molecule has 0 unspecified atom stereocenters. The smallest absolute Gasteiger partial charge is 0.407 e. The van der Waals surface area contributed by atoms with Crippen molar-refractivity contribution in [2.75, 3.05) is 33.4 Å². The Morgan fingerprint density at radius 2 is 1.71 bits per heavy atom. The van der Waals surface area contributed by atoms with Crippen LogP contribution in [-0.2, 0) is 37.1 Å². The number of hydrogen-bond donors (Lipinski definition) is 2. The van der Waals surface area contributed by atoms with Crippen LogP contribution in [0.25, 0.3) is 0 Å². The molecule has 2 heterocycles. The first-order valence-corrected chi connectivity index (χ1v) is 17.9. The van der Waals surface area contributed by atoms with E-state index in [1.54, 1.807) is 36.4 Å². The largest absolute Gasteiger partial charge is 0.453 e. The van der Waals surface area contributed by atoms with Gasteiger partial charge >= 0.3 is 6.09 Å². The zero-order chi connectivity index (χ0) is 35.1. The Morgan fingerprint density at radius 1 is 0.980 bits per heavy atom. The summed E-state index contributed by atoms with van der Waals surface area (Å²) in [4.78, 5) is 27.0. The summed E-state index contributed by atoms with van der Waals surface area (Å²) in [5.74, 6) is -4.12. The summed E-state index contributed by atoms with van der Waals surface area (Å²) in [5.41, 5.74) is 0.976. The molecule has 0 bridgehead atoms. The van der Waals surface area contributed by atoms with Gasteiger partial charge in [-0.2, -0.15) is 4.31 Å². The molecule has 2 saturated heterocycles. The number of alkyl carbamates (subject to hydrolysis) is 1. The number of amides is 1. The zero-order valence-corrected chi connectivity index (χ0v) is 28.4. The maximum atomic E-state index is 15.6. The summed E-state index contributed by atoms with van der Waals surface area (Å²) in [6.07, 6.45) is 0.272. The Hall–Kier alpha value is -3.78. The van der Waals surface area contributed by atoms with Crippen LogP contribution >= 0.6 is 0 Å². The second-order valence-corrected chi connectivity index (χ2v) is 14.5. The van der Waals surface area contributed by atoms with Gasteiger partial charge in [-0.15, -0.1) is 0 Å². The van der Waals surface area contributed by atoms with E-state index in [0.717, 1.165) is 19.2 Å². The molecule has 49 heavy (non-hydrogen) atoms. The maximum Gasteiger partial charge on any atom is 0.407 e. The van der Waals surface area contributed by atoms with Gasteiger partial charge in [0.25, 0.3) is 0 Å². The van der Waals surface area contributed by atoms with Crippen LogP contribution in [0.3, 0.4) is 0 Å². The standard InChI is InChI=1S/C36H42F3N3O6S/c1-23-21-40-22-27(42(23)49(45,46)28-8-4-3-5-9-28)12-13-29-25(7-6-10-30(29)37)20-33(43)35(41-36(44)47-2)34(24-15-17-48-18-16-24)26-11-14-31(38)32(39)19-26/h3-11,14,19,23-24,27,34-35,40H,12-13,15-18,20-22H2,1-2H3,(H,41,44)/t23-,27+,34-,35-/m1/s1. The van der Waals surface area contributed by atoms with Crippen LogP contribution in [0.15, 0.2) is 71.6 Å². The first-order chi connectivity index (χ1) is 23.5. The van der Waals surface area contributed by atoms with E-state index in [1.807, 2.05) is 6.92 Å². The summed E-state index contributed by atoms with van der Waals surface area (Å²) < 4.78 is 83.3. The Kier molecular flexibility index (Phi) is 12.1. The average Bonchev–Trinajstić information content (AvgIpc) is 3.09. The van der Waals surface area contributed by atoms with E-state index in [2.05, 4.69) is 10.6 Å². The van der Waals surface area contributed by atoms with Crippen LogP contribution in [0.2, 0.25) is 0 Å². The van der Waals surface area contributed by atoms with E-state index >= 15 is 4.39 Å². The maximum absolute atomic E-state index is 15.6. The molecule has 4 atom stereocenters. The highest BCUT2D eigenvalue weighted by Gasteiger charge is 2.40. The lowest BCUT2D eigenvalue weighted by atomic mass is 9.74. The van der Waals surface area contributed by atoms with Crippen LogP contribution in [0.1, 0.15) is 48.8 Å². The lowest BCUT2D eigenvalue weighted by molar-refractivity contribution is -0.121. The van der Waals surface area contributed by atoms with E-state index in [9.17, 15) is 26.8 Å². The molecule has 3 aromatic rings. The molecule has 3 aromatic carbocycles. The van der Waals surface area contributed by atoms with Gasteiger partial charge in [0, 0.05) is 50.7 Å². The minimum absolute atomic E-state index is 0.136. The molecule has 0 saturated carbocycles. The van der Waals surface area contributed by atoms with Gasteiger partial charge in [-0.1, -0.05) is 36.4 Å². The van der Waals surface area contributed by atoms with Gasteiger partial charge in [0.1, 0.15) is 5.82 Å². The van der Waals surface area contributed by atoms with Gasteiger partial charge in [0.2, 0.25) is 10.0 Å². The number of carbonyl (C=O) groups is 2. The molecular formula is C36H42F3N3O6S. The number of carbonyl (C=O) groups excluding carboxylic acids is 2. The highest BCUT2D eigenvalue weighted by molar-refractivity contribution is 7.89. The van der Waals surface area contributed by atoms with Crippen LogP contribution < -0.4 is 10.6 Å². The predicted molar refractivity (Wildman–Crippen MR) is 177 cm³/mol. The molecule has 0 aromatic heterocycles. The van der Waals surface area contributed by atoms with Crippen LogP contribution in [-0.4, -0.2) is 76.1 Å². The van der Waals surface area contributed by atoms with Crippen molar-refractivity contribution >= 4 is 21.9 Å². The first-order valence-electron chi connectivity index (χ1n) is 16.5. The van der Waals surface area contributed by atoms with E-state index in [4.69, 9.17) is 9.47 Å². The number of Topliss-reactive ketones (excluding diaryl/α,β-unsaturated/α-hetero) is 1. The van der Waals surface area contributed by atoms with Crippen LogP contribution in [0, 0.1) is 23.4 Å². The van der Waals surface area contributed by atoms with E-state index in [1.165, 1.54) is 22.5 Å². The molecule has 2 N–H and O–H groups in total. The van der Waals surface area contributed by atoms with Crippen molar-refractivity contribution in [3.8, 4) is 0 Å². The fourth-order valence-electron chi connectivity index (χ4n) is 7.12. The van der Waals surface area contributed by atoms with Crippen molar-refractivity contribution in [1.82, 2.24) is 14.9 Å². The normalized spacial score (nSPS) is 20.3. The van der Waals surface area contributed by atoms with Crippen molar-refractivity contribution in [1.29, 1.82) is 0 Å². The second-order valence-electron chi connectivity index (χ2n) is 12.6. The predicted octanol–water partition coefficient (Wildman–Crippen LogP) is 5.13. The lowest BCUT2D eigenvalue weighted by Crippen LogP contribution is -2.58. The molecule has 264 valence electrons. The number of sulfonamides is 1. The number of nitrogens with zero attached hydrogens (tertiary/aromatic N) is 1. The van der Waals surface area contributed by atoms with Gasteiger partial charge in [-0.3, -0.25) is 4.79 Å². The van der Waals surface area contributed by atoms with Crippen molar-refractivity contribution in [3.63, 3.8) is 0 Å². The molecule has 5 rings (SSSR count). The van der Waals surface area contributed by atoms with E-state index in [0.29, 0.717) is 50.3 Å². The average molecular weight is 702 g/mol. The number of ether oxygens (including phenoxy) is 2. The number of benzene rings is 3. The number of piperazine rings is 1. The van der Waals surface area contributed by atoms with Crippen LogP contribution in [0.5, 0.6) is 0 Å². The fraction of sp³-hybridized carbons (Fsp3) is 0.444. The van der Waals surface area contributed by atoms with Gasteiger partial charge in [-0.05, 0) is 85.5 Å². The monoisotopic (exact) mass is 701 g/mol. The number of methoxy groups -OCH3 is 1. The summed E-state index contributed by atoms with van der Waals surface area (Å²) in [5, 5.41) is 5.91. The van der Waals surface area contributed by atoms with Crippen molar-refractivity contribution in [3.05, 3.63) is 101 Å². The summed E-state index contributed by atoms with van der Waals surface area (Å²) in [7, 11) is -2.69. The molecule has 2 fully saturated rings. The quantitative estimate of drug-likeness (QED) is 0.269. The molecule has 9 nitrogen and oxygen atoms in total. The Bertz CT molecular complexity index is 1720. The van der Waals surface area contributed by atoms with Crippen molar-refractivity contribution in [2.45, 2.75) is 68.0 Å². The topological polar surface area (TPSA) is 114 Å². The number of hydrogen-bond acceptors (Lipinski definition) is 7. The Labute approximate surface area is 285 Å². The third-order valence-corrected chi connectivity index (χ3v) is 11.6. The van der Waals surface area contributed by atoms with E-state index < -0.39 is 57.4 Å². The minimum atomic E-state index is -3.85. The van der Waals surface area contributed by atoms with Gasteiger partial charge in [-0.25, -0.2) is 26.4 Å². The molecule has 13 heteroatoms. The fourth-order valence-corrected chi connectivity index (χ4v) is 8.99. The third kappa shape index (κ3) is 8.51. The zero-order valence-electron chi connectivity index (χ0n) is 27.5. The highest BCUT2D eigenvalue weighted by Crippen LogP contribution is 2.37. The summed E-state index contributed by atoms with van der Waals surface area (Å²) in [6.45, 7) is 3.44. The molecule has 1 amide bonds. The lowest BCUT2D eigenvalue weighted by Gasteiger charge is -2.40. The third-order valence-electron chi connectivity index (χ3n) is 9.51. The van der Waals surface area contributed by atoms with Gasteiger partial charge < -0.3 is 20.1 Å². The van der Waals surface area contributed by atoms with Gasteiger partial charge in [0.05, 0.1) is 18.0 Å². The highest BCUT2D eigenvalue weighted by atomic mass is 32.2. The number of nitrogens with one attached hydrogen (secondary N) is 2. The number of halogens is 3. The molecular weight excluding hydrogens is 659 g/mol. The molecule has 2 aliphatic heterocycles. The van der Waals surface area contributed by atoms with Crippen LogP contribution in [0.4, 0.5) is 18.0 Å². The second kappa shape index (κ2) is 16.3. The SMILES string of the molecule is COC(=O)N[C@H](C(=O)Cc1cccc(F)c1CC[C@H]1CNC[C@@H](C)N1S(=O)(=O)c1ccccc1)[C@@H](c1ccc(F)c(F)c1)C1CCOCC1. The molecule has 0 radical (unpaired) electrons.